The molecular formula is C26H26F2N2O5. The zero-order valence-corrected chi connectivity index (χ0v) is 19.2. The minimum absolute atomic E-state index is 0.0496. The van der Waals surface area contributed by atoms with Gasteiger partial charge in [-0.25, -0.2) is 18.4 Å². The molecule has 2 aliphatic carbocycles. The molecule has 1 heterocycles. The van der Waals surface area contributed by atoms with Gasteiger partial charge in [0.05, 0.1) is 5.92 Å². The standard InChI is InChI=1S/C26H26F2N2O5/c1-25(23(32)33)11-6-12-30(25)22(31)21-20(26(21,27)28)13-29-24(34)35-14-19-17-9-4-2-7-15(17)16-8-3-5-10-18(16)19/h2-5,7-10,19-21H,6,11-14H2,1H3,(H,29,34)(H,32,33)/t20-,21-,25-/m0/s1. The number of hydrogen-bond donors (Lipinski definition) is 2. The van der Waals surface area contributed by atoms with Crippen LogP contribution in [0.2, 0.25) is 0 Å². The molecule has 3 aliphatic rings. The number of ether oxygens (including phenoxy) is 1. The second-order valence-corrected chi connectivity index (χ2v) is 9.64. The van der Waals surface area contributed by atoms with Crippen LogP contribution >= 0.6 is 0 Å². The van der Waals surface area contributed by atoms with Crippen LogP contribution in [0.5, 0.6) is 0 Å². The van der Waals surface area contributed by atoms with Crippen molar-refractivity contribution in [3.63, 3.8) is 0 Å². The first-order valence-electron chi connectivity index (χ1n) is 11.7. The summed E-state index contributed by atoms with van der Waals surface area (Å²) in [6.07, 6.45) is -0.179. The number of halogens is 2. The second kappa shape index (κ2) is 8.32. The quantitative estimate of drug-likeness (QED) is 0.649. The van der Waals surface area contributed by atoms with Crippen LogP contribution in [0.15, 0.2) is 48.5 Å². The van der Waals surface area contributed by atoms with Crippen molar-refractivity contribution in [1.29, 1.82) is 0 Å². The summed E-state index contributed by atoms with van der Waals surface area (Å²) in [4.78, 5) is 37.8. The van der Waals surface area contributed by atoms with E-state index in [0.717, 1.165) is 27.2 Å². The number of alkyl halides is 2. The van der Waals surface area contributed by atoms with E-state index in [0.29, 0.717) is 6.42 Å². The lowest BCUT2D eigenvalue weighted by atomic mass is 9.98. The maximum atomic E-state index is 14.4. The van der Waals surface area contributed by atoms with Gasteiger partial charge in [0.15, 0.2) is 0 Å². The number of nitrogens with one attached hydrogen (secondary N) is 1. The molecule has 2 N–H and O–H groups in total. The molecule has 2 fully saturated rings. The van der Waals surface area contributed by atoms with Crippen LogP contribution in [0, 0.1) is 11.8 Å². The number of likely N-dealkylation sites (tertiary alicyclic amines) is 1. The molecule has 0 radical (unpaired) electrons. The lowest BCUT2D eigenvalue weighted by Gasteiger charge is -2.31. The Morgan fingerprint density at radius 1 is 1.09 bits per heavy atom. The van der Waals surface area contributed by atoms with Crippen LogP contribution in [0.25, 0.3) is 11.1 Å². The molecule has 1 saturated carbocycles. The minimum atomic E-state index is -3.31. The summed E-state index contributed by atoms with van der Waals surface area (Å²) in [6, 6.07) is 15.7. The third-order valence-corrected chi connectivity index (χ3v) is 7.65. The zero-order valence-electron chi connectivity index (χ0n) is 19.2. The van der Waals surface area contributed by atoms with Crippen molar-refractivity contribution in [2.24, 2.45) is 11.8 Å². The first kappa shape index (κ1) is 23.3. The van der Waals surface area contributed by atoms with Gasteiger partial charge in [-0.05, 0) is 42.0 Å². The third-order valence-electron chi connectivity index (χ3n) is 7.65. The summed E-state index contributed by atoms with van der Waals surface area (Å²) in [5.41, 5.74) is 2.74. The largest absolute Gasteiger partial charge is 0.480 e. The zero-order chi connectivity index (χ0) is 25.0. The molecule has 2 aromatic carbocycles. The first-order chi connectivity index (χ1) is 16.7. The van der Waals surface area contributed by atoms with Crippen molar-refractivity contribution in [3.8, 4) is 11.1 Å². The Balaban J connectivity index is 1.19. The van der Waals surface area contributed by atoms with Gasteiger partial charge in [0.25, 0.3) is 5.92 Å². The summed E-state index contributed by atoms with van der Waals surface area (Å²) < 4.78 is 34.3. The highest BCUT2D eigenvalue weighted by Gasteiger charge is 2.73. The molecular weight excluding hydrogens is 458 g/mol. The number of alkyl carbamates (subject to hydrolysis) is 1. The van der Waals surface area contributed by atoms with E-state index in [2.05, 4.69) is 5.32 Å². The van der Waals surface area contributed by atoms with Crippen LogP contribution in [-0.2, 0) is 14.3 Å². The predicted molar refractivity (Wildman–Crippen MR) is 122 cm³/mol. The van der Waals surface area contributed by atoms with Crippen LogP contribution in [-0.4, -0.2) is 59.1 Å². The van der Waals surface area contributed by atoms with E-state index in [-0.39, 0.29) is 25.5 Å². The normalized spacial score (nSPS) is 26.1. The number of carbonyl (C=O) groups is 3. The van der Waals surface area contributed by atoms with Gasteiger partial charge in [0.1, 0.15) is 18.1 Å². The van der Waals surface area contributed by atoms with Crippen LogP contribution in [0.3, 0.4) is 0 Å². The molecule has 0 unspecified atom stereocenters. The van der Waals surface area contributed by atoms with Gasteiger partial charge in [-0.15, -0.1) is 0 Å². The molecule has 184 valence electrons. The molecule has 0 bridgehead atoms. The minimum Gasteiger partial charge on any atom is -0.480 e. The van der Waals surface area contributed by atoms with Gasteiger partial charge in [0.2, 0.25) is 5.91 Å². The number of carbonyl (C=O) groups excluding carboxylic acids is 2. The summed E-state index contributed by atoms with van der Waals surface area (Å²) in [6.45, 7) is 1.12. The lowest BCUT2D eigenvalue weighted by molar-refractivity contribution is -0.156. The van der Waals surface area contributed by atoms with Gasteiger partial charge < -0.3 is 20.1 Å². The second-order valence-electron chi connectivity index (χ2n) is 9.64. The van der Waals surface area contributed by atoms with E-state index in [9.17, 15) is 28.3 Å². The van der Waals surface area contributed by atoms with Crippen molar-refractivity contribution >= 4 is 18.0 Å². The van der Waals surface area contributed by atoms with Crippen molar-refractivity contribution in [3.05, 3.63) is 59.7 Å². The molecule has 5 rings (SSSR count). The Morgan fingerprint density at radius 2 is 1.69 bits per heavy atom. The number of hydrogen-bond acceptors (Lipinski definition) is 4. The van der Waals surface area contributed by atoms with E-state index in [4.69, 9.17) is 4.74 Å². The van der Waals surface area contributed by atoms with Crippen molar-refractivity contribution < 1.29 is 33.0 Å². The Hall–Kier alpha value is -3.49. The highest BCUT2D eigenvalue weighted by atomic mass is 19.3. The first-order valence-corrected chi connectivity index (χ1v) is 11.7. The fourth-order valence-electron chi connectivity index (χ4n) is 5.53. The van der Waals surface area contributed by atoms with Gasteiger partial charge in [0, 0.05) is 19.0 Å². The predicted octanol–water partition coefficient (Wildman–Crippen LogP) is 3.87. The summed E-state index contributed by atoms with van der Waals surface area (Å²) in [7, 11) is 0. The number of carboxylic acids is 1. The topological polar surface area (TPSA) is 95.9 Å². The highest BCUT2D eigenvalue weighted by Crippen LogP contribution is 2.56. The summed E-state index contributed by atoms with van der Waals surface area (Å²) in [5.74, 6) is -8.59. The number of nitrogens with zero attached hydrogens (tertiary/aromatic N) is 1. The Morgan fingerprint density at radius 3 is 2.29 bits per heavy atom. The van der Waals surface area contributed by atoms with Crippen molar-refractivity contribution in [2.45, 2.75) is 37.1 Å². The van der Waals surface area contributed by atoms with Crippen molar-refractivity contribution in [2.75, 3.05) is 19.7 Å². The van der Waals surface area contributed by atoms with Crippen LogP contribution < -0.4 is 5.32 Å². The summed E-state index contributed by atoms with van der Waals surface area (Å²) >= 11 is 0. The molecule has 0 aromatic heterocycles. The van der Waals surface area contributed by atoms with E-state index in [1.807, 2.05) is 48.5 Å². The highest BCUT2D eigenvalue weighted by molar-refractivity contribution is 5.91. The van der Waals surface area contributed by atoms with Crippen molar-refractivity contribution in [1.82, 2.24) is 10.2 Å². The number of benzene rings is 2. The van der Waals surface area contributed by atoms with E-state index < -0.39 is 47.8 Å². The Labute approximate surface area is 201 Å². The molecule has 9 heteroatoms. The van der Waals surface area contributed by atoms with Gasteiger partial charge in [-0.2, -0.15) is 0 Å². The average molecular weight is 484 g/mol. The molecule has 2 amide bonds. The number of fused-ring (bicyclic) bond motifs is 3. The molecule has 3 atom stereocenters. The maximum Gasteiger partial charge on any atom is 0.407 e. The van der Waals surface area contributed by atoms with E-state index in [1.165, 1.54) is 6.92 Å². The number of amides is 2. The summed E-state index contributed by atoms with van der Waals surface area (Å²) in [5, 5.41) is 11.8. The van der Waals surface area contributed by atoms with Gasteiger partial charge in [-0.3, -0.25) is 4.79 Å². The smallest absolute Gasteiger partial charge is 0.407 e. The fourth-order valence-corrected chi connectivity index (χ4v) is 5.53. The SMILES string of the molecule is C[C@@]1(C(=O)O)CCCN1C(=O)[C@@H]1[C@H](CNC(=O)OCC2c3ccccc3-c3ccccc32)C1(F)F. The van der Waals surface area contributed by atoms with E-state index >= 15 is 0 Å². The molecule has 2 aromatic rings. The van der Waals surface area contributed by atoms with Gasteiger partial charge >= 0.3 is 12.1 Å². The number of aliphatic carboxylic acids is 1. The van der Waals surface area contributed by atoms with Crippen LogP contribution in [0.4, 0.5) is 13.6 Å². The molecule has 0 spiro atoms. The monoisotopic (exact) mass is 484 g/mol. The van der Waals surface area contributed by atoms with Gasteiger partial charge in [-0.1, -0.05) is 48.5 Å². The molecule has 7 nitrogen and oxygen atoms in total. The average Bonchev–Trinajstić information content (AvgIpc) is 3.11. The number of carboxylic acid groups (broad SMARTS) is 1. The Kier molecular flexibility index (Phi) is 5.53. The number of rotatable bonds is 6. The van der Waals surface area contributed by atoms with Crippen LogP contribution in [0.1, 0.15) is 36.8 Å². The third kappa shape index (κ3) is 3.73. The Bertz CT molecular complexity index is 1160. The molecule has 1 saturated heterocycles. The fraction of sp³-hybridized carbons (Fsp3) is 0.423. The molecule has 1 aliphatic heterocycles. The van der Waals surface area contributed by atoms with E-state index in [1.54, 1.807) is 0 Å². The maximum absolute atomic E-state index is 14.4. The lowest BCUT2D eigenvalue weighted by Crippen LogP contribution is -2.51. The molecule has 35 heavy (non-hydrogen) atoms.